The second kappa shape index (κ2) is 9.69. The molecule has 3 aromatic carbocycles. The first-order chi connectivity index (χ1) is 16.7. The summed E-state index contributed by atoms with van der Waals surface area (Å²) in [4.78, 5) is 0. The summed E-state index contributed by atoms with van der Waals surface area (Å²) in [7, 11) is 0. The lowest BCUT2D eigenvalue weighted by atomic mass is 9.67. The van der Waals surface area contributed by atoms with Crippen LogP contribution in [0.3, 0.4) is 0 Å². The van der Waals surface area contributed by atoms with Gasteiger partial charge in [-0.3, -0.25) is 0 Å². The minimum absolute atomic E-state index is 0.281. The van der Waals surface area contributed by atoms with Crippen LogP contribution in [0.1, 0.15) is 54.0 Å². The predicted molar refractivity (Wildman–Crippen MR) is 146 cm³/mol. The molecule has 3 aromatic rings. The fourth-order valence-electron chi connectivity index (χ4n) is 5.54. The van der Waals surface area contributed by atoms with Crippen molar-refractivity contribution in [1.29, 1.82) is 0 Å². The van der Waals surface area contributed by atoms with Crippen molar-refractivity contribution < 1.29 is 0 Å². The van der Waals surface area contributed by atoms with Gasteiger partial charge in [0.1, 0.15) is 0 Å². The summed E-state index contributed by atoms with van der Waals surface area (Å²) in [6, 6.07) is 28.9. The Morgan fingerprint density at radius 1 is 0.765 bits per heavy atom. The highest BCUT2D eigenvalue weighted by Crippen LogP contribution is 2.54. The number of aryl methyl sites for hydroxylation is 1. The van der Waals surface area contributed by atoms with Crippen molar-refractivity contribution in [2.75, 3.05) is 0 Å². The van der Waals surface area contributed by atoms with Gasteiger partial charge in [-0.15, -0.1) is 0 Å². The van der Waals surface area contributed by atoms with E-state index in [1.54, 1.807) is 0 Å². The van der Waals surface area contributed by atoms with Crippen LogP contribution in [0, 0.1) is 6.92 Å². The van der Waals surface area contributed by atoms with E-state index in [1.165, 1.54) is 44.5 Å². The van der Waals surface area contributed by atoms with Gasteiger partial charge < -0.3 is 0 Å². The Morgan fingerprint density at radius 2 is 1.44 bits per heavy atom. The molecule has 0 heteroatoms. The van der Waals surface area contributed by atoms with E-state index in [0.717, 1.165) is 19.3 Å². The molecule has 0 fully saturated rings. The summed E-state index contributed by atoms with van der Waals surface area (Å²) in [5.74, 6) is 0. The molecule has 168 valence electrons. The Hall–Kier alpha value is -3.64. The van der Waals surface area contributed by atoms with Crippen molar-refractivity contribution in [2.45, 2.75) is 38.5 Å². The number of benzene rings is 3. The Bertz CT molecular complexity index is 1270. The van der Waals surface area contributed by atoms with Crippen LogP contribution >= 0.6 is 0 Å². The van der Waals surface area contributed by atoms with Gasteiger partial charge in [0.25, 0.3) is 0 Å². The number of hydrogen-bond acceptors (Lipinski definition) is 0. The van der Waals surface area contributed by atoms with Crippen molar-refractivity contribution in [3.8, 4) is 0 Å². The van der Waals surface area contributed by atoms with E-state index in [9.17, 15) is 0 Å². The van der Waals surface area contributed by atoms with Crippen LogP contribution in [0.2, 0.25) is 0 Å². The number of rotatable bonds is 6. The van der Waals surface area contributed by atoms with Gasteiger partial charge >= 0.3 is 0 Å². The quantitative estimate of drug-likeness (QED) is 0.359. The molecule has 2 aliphatic carbocycles. The Balaban J connectivity index is 1.61. The molecule has 0 spiro atoms. The lowest BCUT2D eigenvalue weighted by Crippen LogP contribution is -2.29. The molecule has 0 atom stereocenters. The smallest absolute Gasteiger partial charge is 0.0673 e. The minimum atomic E-state index is -0.281. The minimum Gasteiger partial charge on any atom is -0.0836 e. The van der Waals surface area contributed by atoms with E-state index >= 15 is 0 Å². The maximum atomic E-state index is 2.39. The van der Waals surface area contributed by atoms with Crippen LogP contribution in [-0.2, 0) is 5.41 Å². The van der Waals surface area contributed by atoms with Gasteiger partial charge in [-0.2, -0.15) is 0 Å². The summed E-state index contributed by atoms with van der Waals surface area (Å²) < 4.78 is 0. The van der Waals surface area contributed by atoms with Gasteiger partial charge in [0.15, 0.2) is 0 Å². The molecule has 0 amide bonds. The normalized spacial score (nSPS) is 16.9. The molecule has 5 rings (SSSR count). The Labute approximate surface area is 204 Å². The van der Waals surface area contributed by atoms with Crippen LogP contribution in [-0.4, -0.2) is 0 Å². The molecular weight excluding hydrogens is 408 g/mol. The molecule has 34 heavy (non-hydrogen) atoms. The lowest BCUT2D eigenvalue weighted by Gasteiger charge is -2.34. The second-order valence-electron chi connectivity index (χ2n) is 9.29. The summed E-state index contributed by atoms with van der Waals surface area (Å²) in [6.07, 6.45) is 19.2. The highest BCUT2D eigenvalue weighted by atomic mass is 14.5. The molecule has 2 aliphatic rings. The zero-order chi connectivity index (χ0) is 23.4. The maximum Gasteiger partial charge on any atom is 0.0673 e. The average Bonchev–Trinajstić information content (AvgIpc) is 3.13. The molecule has 0 aromatic heterocycles. The van der Waals surface area contributed by atoms with Crippen LogP contribution in [0.4, 0.5) is 0 Å². The van der Waals surface area contributed by atoms with E-state index in [-0.39, 0.29) is 5.41 Å². The standard InChI is InChI=1S/C34H32/c1-26-23-24-32-31(22-14-4-9-17-28-15-7-3-8-16-28)27(2)34(33(32)25-26,29-18-10-5-11-19-29)30-20-12-6-13-21-30/h5-7,9-25H,3-4,8H2,1-2H3/b17-9+,22-14-. The molecule has 0 heterocycles. The van der Waals surface area contributed by atoms with Gasteiger partial charge in [0.05, 0.1) is 5.41 Å². The van der Waals surface area contributed by atoms with Crippen molar-refractivity contribution in [3.63, 3.8) is 0 Å². The van der Waals surface area contributed by atoms with Gasteiger partial charge in [-0.25, -0.2) is 0 Å². The average molecular weight is 441 g/mol. The zero-order valence-corrected chi connectivity index (χ0v) is 20.2. The number of fused-ring (bicyclic) bond motifs is 1. The molecule has 0 saturated heterocycles. The van der Waals surface area contributed by atoms with E-state index < -0.39 is 0 Å². The molecule has 0 nitrogen and oxygen atoms in total. The van der Waals surface area contributed by atoms with Crippen molar-refractivity contribution in [3.05, 3.63) is 160 Å². The fraction of sp³-hybridized carbons (Fsp3) is 0.176. The molecule has 0 aliphatic heterocycles. The second-order valence-corrected chi connectivity index (χ2v) is 9.29. The summed E-state index contributed by atoms with van der Waals surface area (Å²) >= 11 is 0. The third kappa shape index (κ3) is 3.94. The van der Waals surface area contributed by atoms with Crippen molar-refractivity contribution in [1.82, 2.24) is 0 Å². The SMILES string of the molecule is CC1=C(/C=C\C/C=C/C2=CCCC=C2)c2ccc(C)cc2C1(c1ccccc1)c1ccccc1. The van der Waals surface area contributed by atoms with Crippen molar-refractivity contribution in [2.24, 2.45) is 0 Å². The van der Waals surface area contributed by atoms with E-state index in [0.29, 0.717) is 0 Å². The zero-order valence-electron chi connectivity index (χ0n) is 20.2. The first-order valence-corrected chi connectivity index (χ1v) is 12.3. The highest BCUT2D eigenvalue weighted by molar-refractivity contribution is 5.89. The predicted octanol–water partition coefficient (Wildman–Crippen LogP) is 8.90. The van der Waals surface area contributed by atoms with Gasteiger partial charge in [-0.05, 0) is 72.1 Å². The third-order valence-corrected chi connectivity index (χ3v) is 7.14. The van der Waals surface area contributed by atoms with Gasteiger partial charge in [-0.1, -0.05) is 127 Å². The maximum absolute atomic E-state index is 2.39. The largest absolute Gasteiger partial charge is 0.0836 e. The van der Waals surface area contributed by atoms with Crippen LogP contribution in [0.25, 0.3) is 5.57 Å². The Morgan fingerprint density at radius 3 is 2.09 bits per heavy atom. The molecule has 0 N–H and O–H groups in total. The molecule has 0 radical (unpaired) electrons. The van der Waals surface area contributed by atoms with Crippen LogP contribution in [0.5, 0.6) is 0 Å². The summed E-state index contributed by atoms with van der Waals surface area (Å²) in [5.41, 5.74) is 10.4. The van der Waals surface area contributed by atoms with Crippen LogP contribution < -0.4 is 0 Å². The monoisotopic (exact) mass is 440 g/mol. The molecular formula is C34H32. The lowest BCUT2D eigenvalue weighted by molar-refractivity contribution is 0.742. The van der Waals surface area contributed by atoms with Crippen molar-refractivity contribution >= 4 is 5.57 Å². The number of hydrogen-bond donors (Lipinski definition) is 0. The van der Waals surface area contributed by atoms with E-state index in [1.807, 2.05) is 0 Å². The highest BCUT2D eigenvalue weighted by Gasteiger charge is 2.45. The molecule has 0 bridgehead atoms. The first kappa shape index (κ1) is 22.2. The van der Waals surface area contributed by atoms with Crippen LogP contribution in [0.15, 0.2) is 133 Å². The molecule has 0 unspecified atom stereocenters. The third-order valence-electron chi connectivity index (χ3n) is 7.14. The molecule has 0 saturated carbocycles. The fourth-order valence-corrected chi connectivity index (χ4v) is 5.54. The Kier molecular flexibility index (Phi) is 6.32. The van der Waals surface area contributed by atoms with Gasteiger partial charge in [0, 0.05) is 0 Å². The number of allylic oxidation sites excluding steroid dienone is 10. The first-order valence-electron chi connectivity index (χ1n) is 12.3. The van der Waals surface area contributed by atoms with Gasteiger partial charge in [0.2, 0.25) is 0 Å². The summed E-state index contributed by atoms with van der Waals surface area (Å²) in [5, 5.41) is 0. The topological polar surface area (TPSA) is 0 Å². The summed E-state index contributed by atoms with van der Waals surface area (Å²) in [6.45, 7) is 4.52. The van der Waals surface area contributed by atoms with E-state index in [2.05, 4.69) is 135 Å². The van der Waals surface area contributed by atoms with E-state index in [4.69, 9.17) is 0 Å².